The summed E-state index contributed by atoms with van der Waals surface area (Å²) in [4.78, 5) is 12.8. The smallest absolute Gasteiger partial charge is 0.317 e. The first-order valence-corrected chi connectivity index (χ1v) is 4.48. The van der Waals surface area contributed by atoms with E-state index in [0.29, 0.717) is 6.54 Å². The Morgan fingerprint density at radius 3 is 2.79 bits per heavy atom. The molecular weight excluding hydrogens is 180 g/mol. The highest BCUT2D eigenvalue weighted by Crippen LogP contribution is 2.29. The summed E-state index contributed by atoms with van der Waals surface area (Å²) in [6, 6.07) is 6.92. The van der Waals surface area contributed by atoms with E-state index in [1.54, 1.807) is 24.1 Å². The van der Waals surface area contributed by atoms with Gasteiger partial charge in [-0.3, -0.25) is 0 Å². The van der Waals surface area contributed by atoms with Crippen molar-refractivity contribution in [2.75, 3.05) is 13.6 Å². The van der Waals surface area contributed by atoms with E-state index >= 15 is 0 Å². The number of rotatable bonds is 1. The van der Waals surface area contributed by atoms with Gasteiger partial charge >= 0.3 is 6.03 Å². The van der Waals surface area contributed by atoms with Crippen LogP contribution in [0.1, 0.15) is 11.6 Å². The molecule has 0 aromatic heterocycles. The molecular formula is C10H12N2O2. The predicted molar refractivity (Wildman–Crippen MR) is 52.0 cm³/mol. The zero-order valence-electron chi connectivity index (χ0n) is 7.90. The molecule has 1 unspecified atom stereocenters. The third-order valence-corrected chi connectivity index (χ3v) is 2.53. The number of amides is 2. The zero-order chi connectivity index (χ0) is 10.1. The van der Waals surface area contributed by atoms with Gasteiger partial charge in [-0.05, 0) is 6.07 Å². The average molecular weight is 192 g/mol. The van der Waals surface area contributed by atoms with E-state index in [4.69, 9.17) is 0 Å². The zero-order valence-corrected chi connectivity index (χ0v) is 7.90. The standard InChI is InChI=1S/C10H12N2O2/c1-12-8(6-11-10(12)14)7-4-2-3-5-9(7)13/h2-5,8,13H,6H2,1H3,(H,11,14). The predicted octanol–water partition coefficient (Wildman–Crippen LogP) is 1.09. The van der Waals surface area contributed by atoms with Crippen LogP contribution in [0, 0.1) is 0 Å². The molecule has 74 valence electrons. The normalized spacial score (nSPS) is 21.1. The maximum Gasteiger partial charge on any atom is 0.317 e. The van der Waals surface area contributed by atoms with Crippen LogP contribution in [0.2, 0.25) is 0 Å². The van der Waals surface area contributed by atoms with Crippen molar-refractivity contribution in [2.24, 2.45) is 0 Å². The highest BCUT2D eigenvalue weighted by Gasteiger charge is 2.29. The molecule has 2 amide bonds. The fourth-order valence-electron chi connectivity index (χ4n) is 1.68. The fourth-order valence-corrected chi connectivity index (χ4v) is 1.68. The van der Waals surface area contributed by atoms with Crippen molar-refractivity contribution >= 4 is 6.03 Å². The molecule has 1 saturated heterocycles. The monoisotopic (exact) mass is 192 g/mol. The maximum atomic E-state index is 11.2. The minimum absolute atomic E-state index is 0.0660. The van der Waals surface area contributed by atoms with Crippen molar-refractivity contribution in [1.82, 2.24) is 10.2 Å². The number of aromatic hydroxyl groups is 1. The van der Waals surface area contributed by atoms with Crippen LogP contribution < -0.4 is 5.32 Å². The minimum atomic E-state index is -0.0988. The number of nitrogens with one attached hydrogen (secondary N) is 1. The quantitative estimate of drug-likeness (QED) is 0.699. The number of phenols is 1. The molecule has 1 aromatic carbocycles. The molecule has 1 fully saturated rings. The van der Waals surface area contributed by atoms with Crippen molar-refractivity contribution in [3.8, 4) is 5.75 Å². The van der Waals surface area contributed by atoms with Crippen LogP contribution in [0.15, 0.2) is 24.3 Å². The summed E-state index contributed by atoms with van der Waals surface area (Å²) in [5, 5.41) is 12.3. The van der Waals surface area contributed by atoms with Gasteiger partial charge in [0.15, 0.2) is 0 Å². The molecule has 2 N–H and O–H groups in total. The maximum absolute atomic E-state index is 11.2. The van der Waals surface area contributed by atoms with E-state index in [-0.39, 0.29) is 17.8 Å². The van der Waals surface area contributed by atoms with Gasteiger partial charge in [-0.1, -0.05) is 18.2 Å². The van der Waals surface area contributed by atoms with Crippen molar-refractivity contribution in [3.05, 3.63) is 29.8 Å². The first kappa shape index (κ1) is 8.87. The summed E-state index contributed by atoms with van der Waals surface area (Å²) in [5.74, 6) is 0.237. The molecule has 0 saturated carbocycles. The van der Waals surface area contributed by atoms with Crippen LogP contribution in [0.3, 0.4) is 0 Å². The number of phenolic OH excluding ortho intramolecular Hbond substituents is 1. The third kappa shape index (κ3) is 1.28. The lowest BCUT2D eigenvalue weighted by Gasteiger charge is -2.18. The molecule has 0 radical (unpaired) electrons. The molecule has 4 nitrogen and oxygen atoms in total. The average Bonchev–Trinajstić information content (AvgIpc) is 2.49. The van der Waals surface area contributed by atoms with Gasteiger partial charge in [-0.25, -0.2) is 4.79 Å². The number of nitrogens with zero attached hydrogens (tertiary/aromatic N) is 1. The minimum Gasteiger partial charge on any atom is -0.508 e. The first-order valence-electron chi connectivity index (χ1n) is 4.48. The summed E-state index contributed by atoms with van der Waals surface area (Å²) in [7, 11) is 1.72. The largest absolute Gasteiger partial charge is 0.508 e. The Bertz CT molecular complexity index is 365. The second-order valence-electron chi connectivity index (χ2n) is 3.37. The van der Waals surface area contributed by atoms with E-state index in [2.05, 4.69) is 5.32 Å². The lowest BCUT2D eigenvalue weighted by Crippen LogP contribution is -2.25. The number of benzene rings is 1. The van der Waals surface area contributed by atoms with E-state index in [1.807, 2.05) is 12.1 Å². The van der Waals surface area contributed by atoms with Crippen LogP contribution in [-0.4, -0.2) is 29.6 Å². The van der Waals surface area contributed by atoms with Gasteiger partial charge in [0.2, 0.25) is 0 Å². The van der Waals surface area contributed by atoms with Crippen LogP contribution in [0.25, 0.3) is 0 Å². The lowest BCUT2D eigenvalue weighted by atomic mass is 10.1. The Balaban J connectivity index is 2.32. The van der Waals surface area contributed by atoms with E-state index in [1.165, 1.54) is 0 Å². The van der Waals surface area contributed by atoms with Gasteiger partial charge in [0.05, 0.1) is 6.04 Å². The Labute approximate surface area is 82.2 Å². The van der Waals surface area contributed by atoms with Gasteiger partial charge in [0, 0.05) is 19.2 Å². The Kier molecular flexibility index (Phi) is 2.04. The van der Waals surface area contributed by atoms with Gasteiger partial charge in [0.1, 0.15) is 5.75 Å². The van der Waals surface area contributed by atoms with Crippen LogP contribution in [0.4, 0.5) is 4.79 Å². The number of likely N-dealkylation sites (N-methyl/N-ethyl adjacent to an activating group) is 1. The fraction of sp³-hybridized carbons (Fsp3) is 0.300. The molecule has 0 aliphatic carbocycles. The molecule has 1 aromatic rings. The molecule has 1 heterocycles. The van der Waals surface area contributed by atoms with Crippen molar-refractivity contribution in [3.63, 3.8) is 0 Å². The number of urea groups is 1. The number of carbonyl (C=O) groups excluding carboxylic acids is 1. The first-order chi connectivity index (χ1) is 6.70. The third-order valence-electron chi connectivity index (χ3n) is 2.53. The Morgan fingerprint density at radius 1 is 1.50 bits per heavy atom. The van der Waals surface area contributed by atoms with Crippen LogP contribution in [-0.2, 0) is 0 Å². The van der Waals surface area contributed by atoms with Crippen LogP contribution >= 0.6 is 0 Å². The summed E-state index contributed by atoms with van der Waals surface area (Å²) < 4.78 is 0. The summed E-state index contributed by atoms with van der Waals surface area (Å²) in [5.41, 5.74) is 0.786. The van der Waals surface area contributed by atoms with Gasteiger partial charge in [0.25, 0.3) is 0 Å². The van der Waals surface area contributed by atoms with Gasteiger partial charge in [-0.2, -0.15) is 0 Å². The highest BCUT2D eigenvalue weighted by atomic mass is 16.3. The molecule has 1 aliphatic rings. The summed E-state index contributed by atoms with van der Waals surface area (Å²) in [6.45, 7) is 0.549. The number of hydrogen-bond acceptors (Lipinski definition) is 2. The molecule has 0 spiro atoms. The van der Waals surface area contributed by atoms with Gasteiger partial charge < -0.3 is 15.3 Å². The van der Waals surface area contributed by atoms with Crippen molar-refractivity contribution in [2.45, 2.75) is 6.04 Å². The highest BCUT2D eigenvalue weighted by molar-refractivity contribution is 5.77. The number of para-hydroxylation sites is 1. The van der Waals surface area contributed by atoms with E-state index < -0.39 is 0 Å². The van der Waals surface area contributed by atoms with E-state index in [0.717, 1.165) is 5.56 Å². The van der Waals surface area contributed by atoms with Crippen LogP contribution in [0.5, 0.6) is 5.75 Å². The second-order valence-corrected chi connectivity index (χ2v) is 3.37. The van der Waals surface area contributed by atoms with E-state index in [9.17, 15) is 9.90 Å². The molecule has 4 heteroatoms. The SMILES string of the molecule is CN1C(=O)NCC1c1ccccc1O. The summed E-state index contributed by atoms with van der Waals surface area (Å²) in [6.07, 6.45) is 0. The molecule has 1 atom stereocenters. The van der Waals surface area contributed by atoms with Crippen molar-refractivity contribution in [1.29, 1.82) is 0 Å². The number of hydrogen-bond donors (Lipinski definition) is 2. The molecule has 2 rings (SSSR count). The molecule has 1 aliphatic heterocycles. The topological polar surface area (TPSA) is 52.6 Å². The van der Waals surface area contributed by atoms with Gasteiger partial charge in [-0.15, -0.1) is 0 Å². The second kappa shape index (κ2) is 3.21. The summed E-state index contributed by atoms with van der Waals surface area (Å²) >= 11 is 0. The number of carbonyl (C=O) groups is 1. The lowest BCUT2D eigenvalue weighted by molar-refractivity contribution is 0.216. The Hall–Kier alpha value is -1.71. The Morgan fingerprint density at radius 2 is 2.21 bits per heavy atom. The molecule has 14 heavy (non-hydrogen) atoms. The molecule has 0 bridgehead atoms. The van der Waals surface area contributed by atoms with Crippen molar-refractivity contribution < 1.29 is 9.90 Å².